The fraction of sp³-hybridized carbons (Fsp3) is 0.182. The van der Waals surface area contributed by atoms with Crippen molar-refractivity contribution in [2.75, 3.05) is 18.5 Å². The number of fused-ring (bicyclic) bond motifs is 2. The molecule has 0 spiro atoms. The maximum absolute atomic E-state index is 13.2. The third-order valence-corrected chi connectivity index (χ3v) is 6.06. The third kappa shape index (κ3) is 4.14. The lowest BCUT2D eigenvalue weighted by molar-refractivity contribution is -0.115. The van der Waals surface area contributed by atoms with E-state index in [0.717, 1.165) is 0 Å². The number of hydrogen-bond donors (Lipinski definition) is 1. The zero-order chi connectivity index (χ0) is 22.9. The number of amides is 1. The molecule has 0 saturated heterocycles. The number of ether oxygens (including phenoxy) is 2. The number of aromatic nitrogens is 4. The molecule has 3 heterocycles. The molecule has 0 saturated carbocycles. The molecule has 1 aliphatic heterocycles. The number of nitrogens with one attached hydrogen (secondary N) is 1. The van der Waals surface area contributed by atoms with E-state index >= 15 is 0 Å². The Kier molecular flexibility index (Phi) is 5.47. The summed E-state index contributed by atoms with van der Waals surface area (Å²) < 4.78 is 27.1. The molecule has 0 aliphatic carbocycles. The Balaban J connectivity index is 1.33. The van der Waals surface area contributed by atoms with E-state index < -0.39 is 16.6 Å². The van der Waals surface area contributed by atoms with Crippen LogP contribution in [0.3, 0.4) is 0 Å². The molecule has 1 unspecified atom stereocenters. The molecular formula is C22H18FN5O4S. The Morgan fingerprint density at radius 2 is 1.85 bits per heavy atom. The number of thioether (sulfide) groups is 1. The zero-order valence-electron chi connectivity index (χ0n) is 17.4. The van der Waals surface area contributed by atoms with Crippen molar-refractivity contribution in [2.45, 2.75) is 17.3 Å². The van der Waals surface area contributed by atoms with Crippen molar-refractivity contribution >= 4 is 29.0 Å². The first-order chi connectivity index (χ1) is 16.0. The second-order valence-corrected chi connectivity index (χ2v) is 8.54. The van der Waals surface area contributed by atoms with E-state index in [-0.39, 0.29) is 11.6 Å². The highest BCUT2D eigenvalue weighted by atomic mass is 32.2. The van der Waals surface area contributed by atoms with Crippen LogP contribution in [0.4, 0.5) is 10.1 Å². The molecule has 0 bridgehead atoms. The van der Waals surface area contributed by atoms with Gasteiger partial charge in [0.25, 0.3) is 0 Å². The molecule has 0 fully saturated rings. The smallest absolute Gasteiger partial charge is 0.300 e. The topological polar surface area (TPSA) is 99.8 Å². The zero-order valence-corrected chi connectivity index (χ0v) is 18.2. The highest BCUT2D eigenvalue weighted by Gasteiger charge is 2.20. The van der Waals surface area contributed by atoms with E-state index in [4.69, 9.17) is 9.47 Å². The summed E-state index contributed by atoms with van der Waals surface area (Å²) in [6.45, 7) is 2.69. The van der Waals surface area contributed by atoms with Gasteiger partial charge in [-0.2, -0.15) is 0 Å². The Labute approximate surface area is 191 Å². The van der Waals surface area contributed by atoms with Gasteiger partial charge in [-0.3, -0.25) is 18.6 Å². The van der Waals surface area contributed by atoms with Crippen LogP contribution in [-0.4, -0.2) is 43.5 Å². The SMILES string of the molecule is CC(Sc1nnc2c(=O)n(-c3ccc(F)cc3)ccn12)C(=O)Nc1ccc2c(c1)OCCO2. The average molecular weight is 467 g/mol. The van der Waals surface area contributed by atoms with E-state index in [1.54, 1.807) is 37.5 Å². The lowest BCUT2D eigenvalue weighted by Gasteiger charge is -2.19. The monoisotopic (exact) mass is 467 g/mol. The normalized spacial score (nSPS) is 13.6. The summed E-state index contributed by atoms with van der Waals surface area (Å²) in [5, 5.41) is 10.8. The molecule has 168 valence electrons. The molecule has 2 aromatic heterocycles. The predicted molar refractivity (Wildman–Crippen MR) is 120 cm³/mol. The van der Waals surface area contributed by atoms with Crippen molar-refractivity contribution in [2.24, 2.45) is 0 Å². The van der Waals surface area contributed by atoms with Crippen LogP contribution in [0.2, 0.25) is 0 Å². The average Bonchev–Trinajstić information content (AvgIpc) is 3.23. The van der Waals surface area contributed by atoms with Gasteiger partial charge < -0.3 is 14.8 Å². The van der Waals surface area contributed by atoms with Gasteiger partial charge in [0.15, 0.2) is 16.7 Å². The minimum atomic E-state index is -0.523. The minimum Gasteiger partial charge on any atom is -0.486 e. The number of anilines is 1. The van der Waals surface area contributed by atoms with Gasteiger partial charge in [0, 0.05) is 29.8 Å². The molecule has 1 amide bonds. The Morgan fingerprint density at radius 3 is 2.64 bits per heavy atom. The lowest BCUT2D eigenvalue weighted by Crippen LogP contribution is -2.23. The molecule has 1 N–H and O–H groups in total. The van der Waals surface area contributed by atoms with Crippen LogP contribution in [-0.2, 0) is 4.79 Å². The number of carbonyl (C=O) groups is 1. The molecule has 2 aromatic carbocycles. The lowest BCUT2D eigenvalue weighted by atomic mass is 10.2. The number of carbonyl (C=O) groups excluding carboxylic acids is 1. The first-order valence-corrected chi connectivity index (χ1v) is 11.0. The van der Waals surface area contributed by atoms with Crippen molar-refractivity contribution in [3.8, 4) is 17.2 Å². The molecule has 0 radical (unpaired) electrons. The second-order valence-electron chi connectivity index (χ2n) is 7.23. The maximum atomic E-state index is 13.2. The van der Waals surface area contributed by atoms with Crippen molar-refractivity contribution in [1.82, 2.24) is 19.2 Å². The van der Waals surface area contributed by atoms with E-state index in [1.807, 2.05) is 0 Å². The third-order valence-electron chi connectivity index (χ3n) is 5.01. The summed E-state index contributed by atoms with van der Waals surface area (Å²) in [6.07, 6.45) is 3.18. The number of benzene rings is 2. The predicted octanol–water partition coefficient (Wildman–Crippen LogP) is 2.91. The summed E-state index contributed by atoms with van der Waals surface area (Å²) in [5.74, 6) is 0.591. The van der Waals surface area contributed by atoms with Crippen molar-refractivity contribution in [3.63, 3.8) is 0 Å². The molecule has 4 aromatic rings. The molecule has 1 aliphatic rings. The van der Waals surface area contributed by atoms with Gasteiger partial charge in [-0.1, -0.05) is 11.8 Å². The van der Waals surface area contributed by atoms with Crippen LogP contribution >= 0.6 is 11.8 Å². The Bertz CT molecular complexity index is 1400. The van der Waals surface area contributed by atoms with E-state index in [0.29, 0.717) is 41.2 Å². The summed E-state index contributed by atoms with van der Waals surface area (Å²) in [6, 6.07) is 10.8. The van der Waals surface area contributed by atoms with Gasteiger partial charge >= 0.3 is 5.56 Å². The first kappa shape index (κ1) is 21.0. The highest BCUT2D eigenvalue weighted by molar-refractivity contribution is 8.00. The van der Waals surface area contributed by atoms with Gasteiger partial charge in [0.2, 0.25) is 11.6 Å². The minimum absolute atomic E-state index is 0.101. The van der Waals surface area contributed by atoms with E-state index in [9.17, 15) is 14.0 Å². The van der Waals surface area contributed by atoms with Crippen LogP contribution in [0.25, 0.3) is 11.3 Å². The number of nitrogens with zero attached hydrogens (tertiary/aromatic N) is 4. The molecule has 11 heteroatoms. The first-order valence-electron chi connectivity index (χ1n) is 10.1. The largest absolute Gasteiger partial charge is 0.486 e. The molecule has 33 heavy (non-hydrogen) atoms. The quantitative estimate of drug-likeness (QED) is 0.451. The summed E-state index contributed by atoms with van der Waals surface area (Å²) in [4.78, 5) is 25.6. The van der Waals surface area contributed by atoms with Crippen molar-refractivity contribution in [3.05, 3.63) is 71.0 Å². The molecule has 1 atom stereocenters. The summed E-state index contributed by atoms with van der Waals surface area (Å²) in [5.41, 5.74) is 0.791. The highest BCUT2D eigenvalue weighted by Crippen LogP contribution is 2.33. The molecular weight excluding hydrogens is 449 g/mol. The fourth-order valence-electron chi connectivity index (χ4n) is 3.33. The van der Waals surface area contributed by atoms with Crippen LogP contribution in [0.5, 0.6) is 11.5 Å². The summed E-state index contributed by atoms with van der Waals surface area (Å²) in [7, 11) is 0. The number of halogens is 1. The van der Waals surface area contributed by atoms with E-state index in [2.05, 4.69) is 15.5 Å². The Hall–Kier alpha value is -3.86. The van der Waals surface area contributed by atoms with Gasteiger partial charge in [-0.15, -0.1) is 10.2 Å². The molecule has 9 nitrogen and oxygen atoms in total. The Morgan fingerprint density at radius 1 is 1.09 bits per heavy atom. The standard InChI is InChI=1S/C22H18FN5O4S/c1-13(20(29)24-15-4-7-17-18(12-15)32-11-10-31-17)33-22-26-25-19-21(30)27(8-9-28(19)22)16-5-2-14(23)3-6-16/h2-9,12-13H,10-11H2,1H3,(H,24,29). The van der Waals surface area contributed by atoms with Gasteiger partial charge in [-0.25, -0.2) is 4.39 Å². The van der Waals surface area contributed by atoms with Crippen molar-refractivity contribution in [1.29, 1.82) is 0 Å². The fourth-order valence-corrected chi connectivity index (χ4v) is 4.16. The second kappa shape index (κ2) is 8.58. The maximum Gasteiger partial charge on any atom is 0.300 e. The summed E-state index contributed by atoms with van der Waals surface area (Å²) >= 11 is 1.17. The van der Waals surface area contributed by atoms with Gasteiger partial charge in [-0.05, 0) is 43.3 Å². The van der Waals surface area contributed by atoms with Crippen LogP contribution in [0, 0.1) is 5.82 Å². The molecule has 5 rings (SSSR count). The van der Waals surface area contributed by atoms with E-state index in [1.165, 1.54) is 45.0 Å². The van der Waals surface area contributed by atoms with Gasteiger partial charge in [0.1, 0.15) is 19.0 Å². The van der Waals surface area contributed by atoms with Crippen LogP contribution in [0.1, 0.15) is 6.92 Å². The number of rotatable bonds is 5. The van der Waals surface area contributed by atoms with Crippen LogP contribution < -0.4 is 20.3 Å². The van der Waals surface area contributed by atoms with Crippen LogP contribution in [0.15, 0.2) is 64.8 Å². The van der Waals surface area contributed by atoms with Gasteiger partial charge in [0.05, 0.1) is 5.25 Å². The van der Waals surface area contributed by atoms with Crippen molar-refractivity contribution < 1.29 is 18.7 Å². The number of hydrogen-bond acceptors (Lipinski definition) is 7.